The Morgan fingerprint density at radius 1 is 1.14 bits per heavy atom. The highest BCUT2D eigenvalue weighted by atomic mass is 35.5. The second-order valence-electron chi connectivity index (χ2n) is 7.03. The fourth-order valence-electron chi connectivity index (χ4n) is 3.36. The van der Waals surface area contributed by atoms with Crippen LogP contribution in [0.5, 0.6) is 0 Å². The van der Waals surface area contributed by atoms with Crippen molar-refractivity contribution >= 4 is 50.0 Å². The van der Waals surface area contributed by atoms with Gasteiger partial charge in [-0.15, -0.1) is 0 Å². The van der Waals surface area contributed by atoms with Gasteiger partial charge in [0, 0.05) is 28.1 Å². The molecule has 0 saturated carbocycles. The van der Waals surface area contributed by atoms with Gasteiger partial charge in [-0.2, -0.15) is 0 Å². The van der Waals surface area contributed by atoms with E-state index in [0.717, 1.165) is 16.4 Å². The monoisotopic (exact) mass is 449 g/mol. The van der Waals surface area contributed by atoms with Gasteiger partial charge < -0.3 is 10.6 Å². The van der Waals surface area contributed by atoms with Gasteiger partial charge in [-0.1, -0.05) is 41.6 Å². The number of aliphatic imine (C=N–C) groups is 1. The van der Waals surface area contributed by atoms with Gasteiger partial charge in [0.2, 0.25) is 0 Å². The topological polar surface area (TPSA) is 87.6 Å². The summed E-state index contributed by atoms with van der Waals surface area (Å²) >= 11 is 7.60. The van der Waals surface area contributed by atoms with Crippen LogP contribution in [0.4, 0.5) is 5.69 Å². The molecule has 0 bridgehead atoms. The van der Waals surface area contributed by atoms with Gasteiger partial charge in [-0.3, -0.25) is 9.79 Å². The molecule has 2 heterocycles. The summed E-state index contributed by atoms with van der Waals surface area (Å²) in [5.74, 6) is 0.170. The molecule has 152 valence electrons. The number of amidine groups is 1. The number of halogens is 1. The molecule has 1 fully saturated rings. The Balaban J connectivity index is 1.29. The van der Waals surface area contributed by atoms with Crippen LogP contribution in [-0.4, -0.2) is 48.8 Å². The normalized spacial score (nSPS) is 22.0. The fraction of sp³-hybridized carbons (Fsp3) is 0.300. The minimum absolute atomic E-state index is 0.00525. The van der Waals surface area contributed by atoms with Crippen molar-refractivity contribution in [3.63, 3.8) is 0 Å². The van der Waals surface area contributed by atoms with E-state index >= 15 is 0 Å². The lowest BCUT2D eigenvalue weighted by molar-refractivity contribution is 0.0954. The summed E-state index contributed by atoms with van der Waals surface area (Å²) in [6, 6.07) is 14.6. The molecule has 0 radical (unpaired) electrons. The van der Waals surface area contributed by atoms with Crippen molar-refractivity contribution in [3.05, 3.63) is 64.7 Å². The van der Waals surface area contributed by atoms with Gasteiger partial charge in [0.1, 0.15) is 0 Å². The molecule has 2 aliphatic rings. The molecule has 4 rings (SSSR count). The Morgan fingerprint density at radius 2 is 1.90 bits per heavy atom. The van der Waals surface area contributed by atoms with Crippen LogP contribution in [-0.2, 0) is 16.3 Å². The molecule has 9 heteroatoms. The molecule has 29 heavy (non-hydrogen) atoms. The third-order valence-corrected chi connectivity index (χ3v) is 8.36. The molecule has 0 aliphatic carbocycles. The molecule has 2 N–H and O–H groups in total. The van der Waals surface area contributed by atoms with E-state index in [1.54, 1.807) is 12.1 Å². The Morgan fingerprint density at radius 3 is 2.62 bits per heavy atom. The number of thioether (sulfide) groups is 1. The summed E-state index contributed by atoms with van der Waals surface area (Å²) in [5.41, 5.74) is 2.38. The quantitative estimate of drug-likeness (QED) is 0.732. The molecule has 2 aromatic carbocycles. The number of amides is 1. The lowest BCUT2D eigenvalue weighted by Gasteiger charge is -2.09. The number of carbonyl (C=O) groups is 1. The zero-order chi connectivity index (χ0) is 20.4. The van der Waals surface area contributed by atoms with Gasteiger partial charge in [-0.25, -0.2) is 8.42 Å². The molecule has 2 aliphatic heterocycles. The molecule has 1 amide bonds. The van der Waals surface area contributed by atoms with Crippen LogP contribution < -0.4 is 10.6 Å². The molecule has 6 nitrogen and oxygen atoms in total. The lowest BCUT2D eigenvalue weighted by atomic mass is 10.1. The van der Waals surface area contributed by atoms with Gasteiger partial charge in [0.25, 0.3) is 5.91 Å². The van der Waals surface area contributed by atoms with Crippen molar-refractivity contribution in [2.75, 3.05) is 23.4 Å². The van der Waals surface area contributed by atoms with Crippen molar-refractivity contribution in [1.29, 1.82) is 0 Å². The Kier molecular flexibility index (Phi) is 5.85. The van der Waals surface area contributed by atoms with Crippen LogP contribution >= 0.6 is 23.4 Å². The van der Waals surface area contributed by atoms with Gasteiger partial charge in [0.15, 0.2) is 15.0 Å². The van der Waals surface area contributed by atoms with Crippen molar-refractivity contribution in [1.82, 2.24) is 5.32 Å². The summed E-state index contributed by atoms with van der Waals surface area (Å²) in [6.07, 6.45) is 0.667. The second kappa shape index (κ2) is 8.38. The van der Waals surface area contributed by atoms with E-state index in [9.17, 15) is 13.2 Å². The van der Waals surface area contributed by atoms with E-state index in [1.807, 2.05) is 36.4 Å². The molecular formula is C20H20ClN3O3S2. The van der Waals surface area contributed by atoms with Crippen LogP contribution in [0.3, 0.4) is 0 Å². The zero-order valence-corrected chi connectivity index (χ0v) is 17.9. The number of hydrogen-bond donors (Lipinski definition) is 2. The fourth-order valence-corrected chi connectivity index (χ4v) is 7.26. The van der Waals surface area contributed by atoms with E-state index in [1.165, 1.54) is 11.8 Å². The van der Waals surface area contributed by atoms with E-state index < -0.39 is 9.84 Å². The average Bonchev–Trinajstić information content (AvgIpc) is 3.16. The number of sulfone groups is 1. The third kappa shape index (κ3) is 4.94. The minimum atomic E-state index is -2.95. The Hall–Kier alpha value is -2.03. The molecule has 0 spiro atoms. The van der Waals surface area contributed by atoms with Crippen molar-refractivity contribution in [3.8, 4) is 0 Å². The molecule has 2 atom stereocenters. The first-order valence-electron chi connectivity index (χ1n) is 9.23. The SMILES string of the molecule is O=C(NCCc1ccccc1Cl)c1ccc(NC2=N[C@@H]3CS(=O)(=O)C[C@H]3S2)cc1. The van der Waals surface area contributed by atoms with E-state index in [4.69, 9.17) is 11.6 Å². The number of nitrogens with zero attached hydrogens (tertiary/aromatic N) is 1. The van der Waals surface area contributed by atoms with Crippen LogP contribution in [0.1, 0.15) is 15.9 Å². The number of rotatable bonds is 5. The standard InChI is InChI=1S/C20H20ClN3O3S2/c21-16-4-2-1-3-13(16)9-10-22-19(25)14-5-7-15(8-6-14)23-20-24-17-11-29(26,27)12-18(17)28-20/h1-8,17-18H,9-12H2,(H,22,25)(H,23,24)/t17-,18-/m1/s1. The predicted octanol–water partition coefficient (Wildman–Crippen LogP) is 2.99. The minimum Gasteiger partial charge on any atom is -0.352 e. The Labute approximate surface area is 179 Å². The van der Waals surface area contributed by atoms with Crippen LogP contribution in [0, 0.1) is 0 Å². The Bertz CT molecular complexity index is 1050. The smallest absolute Gasteiger partial charge is 0.251 e. The second-order valence-corrected chi connectivity index (χ2v) is 10.8. The van der Waals surface area contributed by atoms with E-state index in [2.05, 4.69) is 15.6 Å². The largest absolute Gasteiger partial charge is 0.352 e. The summed E-state index contributed by atoms with van der Waals surface area (Å²) in [7, 11) is -2.95. The van der Waals surface area contributed by atoms with Crippen LogP contribution in [0.15, 0.2) is 53.5 Å². The first kappa shape index (κ1) is 20.3. The van der Waals surface area contributed by atoms with Gasteiger partial charge in [-0.05, 0) is 42.3 Å². The first-order valence-corrected chi connectivity index (χ1v) is 12.3. The molecule has 2 aromatic rings. The number of nitrogens with one attached hydrogen (secondary N) is 2. The van der Waals surface area contributed by atoms with Crippen LogP contribution in [0.2, 0.25) is 5.02 Å². The summed E-state index contributed by atoms with van der Waals surface area (Å²) in [5, 5.41) is 7.54. The number of hydrogen-bond acceptors (Lipinski definition) is 6. The molecule has 0 unspecified atom stereocenters. The highest BCUT2D eigenvalue weighted by molar-refractivity contribution is 8.15. The lowest BCUT2D eigenvalue weighted by Crippen LogP contribution is -2.25. The highest BCUT2D eigenvalue weighted by Gasteiger charge is 2.42. The van der Waals surface area contributed by atoms with Gasteiger partial charge in [0.05, 0.1) is 17.5 Å². The first-order chi connectivity index (χ1) is 13.9. The van der Waals surface area contributed by atoms with Crippen molar-refractivity contribution < 1.29 is 13.2 Å². The third-order valence-electron chi connectivity index (χ3n) is 4.85. The summed E-state index contributed by atoms with van der Waals surface area (Å²) in [4.78, 5) is 16.8. The summed E-state index contributed by atoms with van der Waals surface area (Å²) in [6.45, 7) is 0.502. The van der Waals surface area contributed by atoms with E-state index in [-0.39, 0.29) is 28.7 Å². The maximum Gasteiger partial charge on any atom is 0.251 e. The summed E-state index contributed by atoms with van der Waals surface area (Å²) < 4.78 is 23.3. The van der Waals surface area contributed by atoms with E-state index in [0.29, 0.717) is 23.6 Å². The van der Waals surface area contributed by atoms with Crippen molar-refractivity contribution in [2.24, 2.45) is 4.99 Å². The number of carbonyl (C=O) groups excluding carboxylic acids is 1. The molecule has 1 saturated heterocycles. The number of anilines is 1. The molecular weight excluding hydrogens is 430 g/mol. The maximum absolute atomic E-state index is 12.3. The number of fused-ring (bicyclic) bond motifs is 1. The van der Waals surface area contributed by atoms with Gasteiger partial charge >= 0.3 is 0 Å². The molecule has 0 aromatic heterocycles. The highest BCUT2D eigenvalue weighted by Crippen LogP contribution is 2.34. The maximum atomic E-state index is 12.3. The zero-order valence-electron chi connectivity index (χ0n) is 15.5. The van der Waals surface area contributed by atoms with Crippen LogP contribution in [0.25, 0.3) is 0 Å². The number of benzene rings is 2. The van der Waals surface area contributed by atoms with Crippen molar-refractivity contribution in [2.45, 2.75) is 17.7 Å². The predicted molar refractivity (Wildman–Crippen MR) is 119 cm³/mol. The average molecular weight is 450 g/mol.